The van der Waals surface area contributed by atoms with E-state index in [0.717, 1.165) is 43.1 Å². The maximum absolute atomic E-state index is 11.8. The molecule has 1 aliphatic heterocycles. The highest BCUT2D eigenvalue weighted by Crippen LogP contribution is 2.16. The van der Waals surface area contributed by atoms with E-state index in [-0.39, 0.29) is 29.7 Å². The van der Waals surface area contributed by atoms with Crippen molar-refractivity contribution in [3.63, 3.8) is 0 Å². The molecule has 0 amide bonds. The molecular formula is C21H38IN5O2S. The number of hydrogen-bond donors (Lipinski definition) is 3. The lowest BCUT2D eigenvalue weighted by molar-refractivity contribution is 0.159. The minimum atomic E-state index is -3.27. The molecular weight excluding hydrogens is 513 g/mol. The molecule has 1 aliphatic rings. The van der Waals surface area contributed by atoms with Gasteiger partial charge in [-0.15, -0.1) is 24.0 Å². The average Bonchev–Trinajstić information content (AvgIpc) is 2.70. The van der Waals surface area contributed by atoms with E-state index in [1.165, 1.54) is 32.9 Å². The average molecular weight is 552 g/mol. The molecule has 0 aromatic heterocycles. The van der Waals surface area contributed by atoms with Crippen LogP contribution in [-0.2, 0) is 22.3 Å². The summed E-state index contributed by atoms with van der Waals surface area (Å²) in [6.07, 6.45) is 5.07. The van der Waals surface area contributed by atoms with Crippen LogP contribution in [0.1, 0.15) is 50.7 Å². The third kappa shape index (κ3) is 9.93. The molecule has 1 aromatic rings. The fraction of sp³-hybridized carbons (Fsp3) is 0.667. The van der Waals surface area contributed by atoms with Crippen LogP contribution in [0.3, 0.4) is 0 Å². The Hall–Kier alpha value is -0.910. The van der Waals surface area contributed by atoms with E-state index in [1.807, 2.05) is 24.3 Å². The van der Waals surface area contributed by atoms with Gasteiger partial charge in [0, 0.05) is 25.7 Å². The zero-order valence-corrected chi connectivity index (χ0v) is 21.6. The van der Waals surface area contributed by atoms with Gasteiger partial charge in [-0.3, -0.25) is 0 Å². The summed E-state index contributed by atoms with van der Waals surface area (Å²) in [5.74, 6) is 0.779. The van der Waals surface area contributed by atoms with E-state index in [4.69, 9.17) is 0 Å². The number of piperidine rings is 1. The number of likely N-dealkylation sites (tertiary alicyclic amines) is 1. The normalized spacial score (nSPS) is 18.0. The standard InChI is InChI=1S/C21H37N5O2S.HI/c1-4-23-21(24-12-8-14-26-13-6-5-9-18(26)2)25-16-19-10-7-11-20(15-19)17-29(27,28)22-3;/h7,10-11,15,18,22H,4-6,8-9,12-14,16-17H2,1-3H3,(H2,23,24,25);1H. The Morgan fingerprint density at radius 2 is 2.00 bits per heavy atom. The molecule has 172 valence electrons. The Labute approximate surface area is 199 Å². The Kier molecular flexibility index (Phi) is 12.8. The van der Waals surface area contributed by atoms with Gasteiger partial charge in [-0.2, -0.15) is 0 Å². The molecule has 1 atom stereocenters. The zero-order valence-electron chi connectivity index (χ0n) is 18.5. The lowest BCUT2D eigenvalue weighted by atomic mass is 10.0. The second kappa shape index (κ2) is 14.2. The Bertz CT molecular complexity index is 758. The summed E-state index contributed by atoms with van der Waals surface area (Å²) in [5.41, 5.74) is 1.76. The lowest BCUT2D eigenvalue weighted by Gasteiger charge is -2.33. The molecule has 9 heteroatoms. The van der Waals surface area contributed by atoms with Gasteiger partial charge in [0.15, 0.2) is 5.96 Å². The van der Waals surface area contributed by atoms with E-state index in [9.17, 15) is 8.42 Å². The largest absolute Gasteiger partial charge is 0.357 e. The van der Waals surface area contributed by atoms with Crippen LogP contribution in [0.2, 0.25) is 0 Å². The van der Waals surface area contributed by atoms with E-state index < -0.39 is 10.0 Å². The smallest absolute Gasteiger partial charge is 0.215 e. The number of benzene rings is 1. The van der Waals surface area contributed by atoms with Gasteiger partial charge in [0.25, 0.3) is 0 Å². The molecule has 0 bridgehead atoms. The number of nitrogens with one attached hydrogen (secondary N) is 3. The SMILES string of the molecule is CCNC(=NCc1cccc(CS(=O)(=O)NC)c1)NCCCN1CCCCC1C.I. The van der Waals surface area contributed by atoms with Crippen LogP contribution in [0.25, 0.3) is 0 Å². The summed E-state index contributed by atoms with van der Waals surface area (Å²) in [6, 6.07) is 8.28. The van der Waals surface area contributed by atoms with Gasteiger partial charge in [0.2, 0.25) is 10.0 Å². The van der Waals surface area contributed by atoms with Crippen molar-refractivity contribution in [2.24, 2.45) is 4.99 Å². The van der Waals surface area contributed by atoms with Crippen molar-refractivity contribution in [2.75, 3.05) is 33.2 Å². The maximum atomic E-state index is 11.8. The topological polar surface area (TPSA) is 85.8 Å². The number of hydrogen-bond acceptors (Lipinski definition) is 4. The molecule has 2 rings (SSSR count). The summed E-state index contributed by atoms with van der Waals surface area (Å²) in [5, 5.41) is 6.70. The molecule has 0 spiro atoms. The van der Waals surface area contributed by atoms with Crippen molar-refractivity contribution >= 4 is 40.0 Å². The molecule has 0 saturated carbocycles. The Morgan fingerprint density at radius 3 is 2.70 bits per heavy atom. The minimum Gasteiger partial charge on any atom is -0.357 e. The quantitative estimate of drug-likeness (QED) is 0.180. The van der Waals surface area contributed by atoms with E-state index >= 15 is 0 Å². The van der Waals surface area contributed by atoms with E-state index in [1.54, 1.807) is 0 Å². The van der Waals surface area contributed by atoms with Gasteiger partial charge in [-0.25, -0.2) is 18.1 Å². The third-order valence-electron chi connectivity index (χ3n) is 5.28. The first kappa shape index (κ1) is 27.1. The van der Waals surface area contributed by atoms with Gasteiger partial charge >= 0.3 is 0 Å². The summed E-state index contributed by atoms with van der Waals surface area (Å²) in [6.45, 7) is 8.91. The summed E-state index contributed by atoms with van der Waals surface area (Å²) >= 11 is 0. The molecule has 30 heavy (non-hydrogen) atoms. The molecule has 1 unspecified atom stereocenters. The van der Waals surface area contributed by atoms with Crippen molar-refractivity contribution in [1.82, 2.24) is 20.3 Å². The van der Waals surface area contributed by atoms with E-state index in [0.29, 0.717) is 12.6 Å². The fourth-order valence-electron chi connectivity index (χ4n) is 3.60. The van der Waals surface area contributed by atoms with Crippen LogP contribution >= 0.6 is 24.0 Å². The van der Waals surface area contributed by atoms with Crippen LogP contribution in [0.5, 0.6) is 0 Å². The van der Waals surface area contributed by atoms with Crippen molar-refractivity contribution in [1.29, 1.82) is 0 Å². The molecule has 3 N–H and O–H groups in total. The van der Waals surface area contributed by atoms with Crippen molar-refractivity contribution in [2.45, 2.75) is 57.9 Å². The van der Waals surface area contributed by atoms with Crippen LogP contribution in [0.4, 0.5) is 0 Å². The van der Waals surface area contributed by atoms with E-state index in [2.05, 4.69) is 39.1 Å². The highest BCUT2D eigenvalue weighted by atomic mass is 127. The second-order valence-electron chi connectivity index (χ2n) is 7.64. The maximum Gasteiger partial charge on any atom is 0.215 e. The highest BCUT2D eigenvalue weighted by Gasteiger charge is 2.17. The van der Waals surface area contributed by atoms with Crippen molar-refractivity contribution in [3.05, 3.63) is 35.4 Å². The van der Waals surface area contributed by atoms with Gasteiger partial charge in [0.1, 0.15) is 0 Å². The van der Waals surface area contributed by atoms with Crippen LogP contribution in [0.15, 0.2) is 29.3 Å². The highest BCUT2D eigenvalue weighted by molar-refractivity contribution is 14.0. The van der Waals surface area contributed by atoms with Crippen LogP contribution < -0.4 is 15.4 Å². The van der Waals surface area contributed by atoms with Gasteiger partial charge in [0.05, 0.1) is 12.3 Å². The summed E-state index contributed by atoms with van der Waals surface area (Å²) in [4.78, 5) is 7.24. The predicted octanol–water partition coefficient (Wildman–Crippen LogP) is 2.67. The molecule has 7 nitrogen and oxygen atoms in total. The number of nitrogens with zero attached hydrogens (tertiary/aromatic N) is 2. The number of rotatable bonds is 10. The fourth-order valence-corrected chi connectivity index (χ4v) is 4.36. The first-order valence-electron chi connectivity index (χ1n) is 10.7. The van der Waals surface area contributed by atoms with Gasteiger partial charge < -0.3 is 15.5 Å². The van der Waals surface area contributed by atoms with Crippen LogP contribution in [0, 0.1) is 0 Å². The summed E-state index contributed by atoms with van der Waals surface area (Å²) < 4.78 is 25.9. The van der Waals surface area contributed by atoms with Crippen LogP contribution in [-0.4, -0.2) is 58.5 Å². The Balaban J connectivity index is 0.00000450. The molecule has 1 aromatic carbocycles. The second-order valence-corrected chi connectivity index (χ2v) is 9.57. The molecule has 1 fully saturated rings. The monoisotopic (exact) mass is 551 g/mol. The number of aliphatic imine (C=N–C) groups is 1. The molecule has 1 heterocycles. The molecule has 0 aliphatic carbocycles. The molecule has 0 radical (unpaired) electrons. The number of sulfonamides is 1. The minimum absolute atomic E-state index is 0. The van der Waals surface area contributed by atoms with Gasteiger partial charge in [-0.05, 0) is 57.8 Å². The van der Waals surface area contributed by atoms with Crippen molar-refractivity contribution in [3.8, 4) is 0 Å². The first-order valence-corrected chi connectivity index (χ1v) is 12.3. The summed E-state index contributed by atoms with van der Waals surface area (Å²) in [7, 11) is -1.84. The first-order chi connectivity index (χ1) is 13.9. The third-order valence-corrected chi connectivity index (χ3v) is 6.61. The lowest BCUT2D eigenvalue weighted by Crippen LogP contribution is -2.41. The number of guanidine groups is 1. The van der Waals surface area contributed by atoms with Gasteiger partial charge in [-0.1, -0.05) is 30.7 Å². The predicted molar refractivity (Wildman–Crippen MR) is 136 cm³/mol. The zero-order chi connectivity index (χ0) is 21.1. The number of halogens is 1. The Morgan fingerprint density at radius 1 is 1.23 bits per heavy atom. The molecule has 1 saturated heterocycles. The van der Waals surface area contributed by atoms with Crippen molar-refractivity contribution < 1.29 is 8.42 Å².